The van der Waals surface area contributed by atoms with E-state index < -0.39 is 6.61 Å². The standard InChI is InChI=1S/C18H16F2N4O4S2/c1-10-6-14(24-28-10)22-15(25)8-29-9-16(26)23-18-21-12(7-30-18)11-4-2-3-5-13(11)27-17(19)20/h2-7,17H,8-9H2,1H3,(H,21,23,26)(H,22,24,25). The maximum Gasteiger partial charge on any atom is 0.387 e. The minimum Gasteiger partial charge on any atom is -0.434 e. The van der Waals surface area contributed by atoms with Gasteiger partial charge in [0.05, 0.1) is 17.2 Å². The van der Waals surface area contributed by atoms with Gasteiger partial charge in [-0.25, -0.2) is 4.98 Å². The number of carbonyl (C=O) groups excluding carboxylic acids is 2. The summed E-state index contributed by atoms with van der Waals surface area (Å²) in [4.78, 5) is 28.1. The van der Waals surface area contributed by atoms with Gasteiger partial charge in [-0.1, -0.05) is 17.3 Å². The van der Waals surface area contributed by atoms with Crippen LogP contribution in [-0.4, -0.2) is 40.1 Å². The lowest BCUT2D eigenvalue weighted by atomic mass is 10.1. The monoisotopic (exact) mass is 454 g/mol. The molecule has 8 nitrogen and oxygen atoms in total. The molecule has 2 heterocycles. The molecule has 0 radical (unpaired) electrons. The van der Waals surface area contributed by atoms with Crippen molar-refractivity contribution in [1.82, 2.24) is 10.1 Å². The molecule has 158 valence electrons. The number of alkyl halides is 2. The quantitative estimate of drug-likeness (QED) is 0.503. The first-order chi connectivity index (χ1) is 14.4. The van der Waals surface area contributed by atoms with Gasteiger partial charge >= 0.3 is 6.61 Å². The topological polar surface area (TPSA) is 106 Å². The van der Waals surface area contributed by atoms with Gasteiger partial charge < -0.3 is 19.9 Å². The Morgan fingerprint density at radius 3 is 2.67 bits per heavy atom. The predicted molar refractivity (Wildman–Crippen MR) is 110 cm³/mol. The number of hydrogen-bond acceptors (Lipinski definition) is 8. The third-order valence-electron chi connectivity index (χ3n) is 3.49. The summed E-state index contributed by atoms with van der Waals surface area (Å²) in [7, 11) is 0. The molecule has 3 aromatic rings. The molecule has 1 aromatic carbocycles. The van der Waals surface area contributed by atoms with Gasteiger partial charge in [0.25, 0.3) is 0 Å². The van der Waals surface area contributed by atoms with Crippen molar-refractivity contribution >= 4 is 45.9 Å². The lowest BCUT2D eigenvalue weighted by molar-refractivity contribution is -0.114. The molecular weight excluding hydrogens is 438 g/mol. The van der Waals surface area contributed by atoms with Gasteiger partial charge in [-0.3, -0.25) is 9.59 Å². The van der Waals surface area contributed by atoms with Gasteiger partial charge in [-0.15, -0.1) is 23.1 Å². The molecule has 0 saturated carbocycles. The van der Waals surface area contributed by atoms with Crippen molar-refractivity contribution in [1.29, 1.82) is 0 Å². The fraction of sp³-hybridized carbons (Fsp3) is 0.222. The van der Waals surface area contributed by atoms with E-state index in [0.29, 0.717) is 28.0 Å². The third-order valence-corrected chi connectivity index (χ3v) is 5.18. The summed E-state index contributed by atoms with van der Waals surface area (Å²) in [5.74, 6) is 0.319. The zero-order chi connectivity index (χ0) is 21.5. The van der Waals surface area contributed by atoms with Crippen LogP contribution in [0.15, 0.2) is 40.2 Å². The molecule has 0 atom stereocenters. The van der Waals surface area contributed by atoms with E-state index in [9.17, 15) is 18.4 Å². The van der Waals surface area contributed by atoms with E-state index in [1.807, 2.05) is 0 Å². The second-order valence-electron chi connectivity index (χ2n) is 5.82. The molecule has 0 aliphatic heterocycles. The molecule has 2 amide bonds. The number of para-hydroxylation sites is 1. The van der Waals surface area contributed by atoms with Crippen LogP contribution in [0, 0.1) is 6.92 Å². The molecule has 0 saturated heterocycles. The molecule has 3 rings (SSSR count). The smallest absolute Gasteiger partial charge is 0.387 e. The number of nitrogens with one attached hydrogen (secondary N) is 2. The van der Waals surface area contributed by atoms with E-state index in [1.165, 1.54) is 6.07 Å². The maximum atomic E-state index is 12.6. The van der Waals surface area contributed by atoms with Crippen LogP contribution in [0.3, 0.4) is 0 Å². The Morgan fingerprint density at radius 2 is 1.97 bits per heavy atom. The van der Waals surface area contributed by atoms with Crippen LogP contribution in [0.25, 0.3) is 11.3 Å². The first-order valence-electron chi connectivity index (χ1n) is 8.51. The van der Waals surface area contributed by atoms with Crippen molar-refractivity contribution < 1.29 is 27.6 Å². The average Bonchev–Trinajstić information content (AvgIpc) is 3.30. The number of ether oxygens (including phenoxy) is 1. The fourth-order valence-corrected chi connectivity index (χ4v) is 3.67. The highest BCUT2D eigenvalue weighted by Gasteiger charge is 2.15. The fourth-order valence-electron chi connectivity index (χ4n) is 2.33. The van der Waals surface area contributed by atoms with Crippen molar-refractivity contribution in [3.63, 3.8) is 0 Å². The van der Waals surface area contributed by atoms with Crippen LogP contribution in [0.1, 0.15) is 5.76 Å². The van der Waals surface area contributed by atoms with Crippen molar-refractivity contribution in [2.24, 2.45) is 0 Å². The highest BCUT2D eigenvalue weighted by molar-refractivity contribution is 8.00. The highest BCUT2D eigenvalue weighted by atomic mass is 32.2. The molecule has 30 heavy (non-hydrogen) atoms. The zero-order valence-corrected chi connectivity index (χ0v) is 17.2. The number of carbonyl (C=O) groups is 2. The number of benzene rings is 1. The van der Waals surface area contributed by atoms with Crippen molar-refractivity contribution in [2.75, 3.05) is 22.1 Å². The number of halogens is 2. The lowest BCUT2D eigenvalue weighted by Gasteiger charge is -2.08. The molecule has 2 N–H and O–H groups in total. The van der Waals surface area contributed by atoms with E-state index >= 15 is 0 Å². The molecule has 0 aliphatic rings. The Hall–Kier alpha value is -2.99. The summed E-state index contributed by atoms with van der Waals surface area (Å²) in [5.41, 5.74) is 0.796. The number of aryl methyl sites for hydroxylation is 1. The minimum absolute atomic E-state index is 0.000416. The summed E-state index contributed by atoms with van der Waals surface area (Å²) in [6.45, 7) is -1.25. The first kappa shape index (κ1) is 21.7. The summed E-state index contributed by atoms with van der Waals surface area (Å²) in [6, 6.07) is 7.85. The highest BCUT2D eigenvalue weighted by Crippen LogP contribution is 2.33. The van der Waals surface area contributed by atoms with Crippen LogP contribution >= 0.6 is 23.1 Å². The van der Waals surface area contributed by atoms with E-state index in [1.54, 1.807) is 36.6 Å². The van der Waals surface area contributed by atoms with Gasteiger partial charge in [-0.2, -0.15) is 8.78 Å². The number of aromatic nitrogens is 2. The zero-order valence-electron chi connectivity index (χ0n) is 15.6. The summed E-state index contributed by atoms with van der Waals surface area (Å²) in [6.07, 6.45) is 0. The third kappa shape index (κ3) is 6.26. The Balaban J connectivity index is 1.49. The van der Waals surface area contributed by atoms with E-state index in [-0.39, 0.29) is 29.1 Å². The van der Waals surface area contributed by atoms with Gasteiger partial charge in [0, 0.05) is 17.0 Å². The summed E-state index contributed by atoms with van der Waals surface area (Å²) >= 11 is 2.27. The van der Waals surface area contributed by atoms with Gasteiger partial charge in [-0.05, 0) is 19.1 Å². The number of thiazole rings is 1. The Kier molecular flexibility index (Phi) is 7.36. The van der Waals surface area contributed by atoms with E-state index in [0.717, 1.165) is 23.1 Å². The molecule has 0 fully saturated rings. The summed E-state index contributed by atoms with van der Waals surface area (Å²) < 4.78 is 34.5. The Labute approximate surface area is 178 Å². The average molecular weight is 454 g/mol. The molecule has 0 spiro atoms. The lowest BCUT2D eigenvalue weighted by Crippen LogP contribution is -2.18. The number of anilines is 2. The minimum atomic E-state index is -2.95. The van der Waals surface area contributed by atoms with Crippen molar-refractivity contribution in [3.05, 3.63) is 41.5 Å². The van der Waals surface area contributed by atoms with Crippen LogP contribution in [0.2, 0.25) is 0 Å². The Bertz CT molecular complexity index is 1030. The number of amides is 2. The molecule has 2 aromatic heterocycles. The number of hydrogen-bond donors (Lipinski definition) is 2. The largest absolute Gasteiger partial charge is 0.434 e. The van der Waals surface area contributed by atoms with Gasteiger partial charge in [0.15, 0.2) is 10.9 Å². The number of thioether (sulfide) groups is 1. The van der Waals surface area contributed by atoms with Crippen LogP contribution in [0.4, 0.5) is 19.7 Å². The molecule has 12 heteroatoms. The van der Waals surface area contributed by atoms with E-state index in [2.05, 4.69) is 25.5 Å². The van der Waals surface area contributed by atoms with Gasteiger partial charge in [0.1, 0.15) is 11.5 Å². The molecule has 0 unspecified atom stereocenters. The molecule has 0 aliphatic carbocycles. The summed E-state index contributed by atoms with van der Waals surface area (Å²) in [5, 5.41) is 10.8. The Morgan fingerprint density at radius 1 is 1.23 bits per heavy atom. The predicted octanol–water partition coefficient (Wildman–Crippen LogP) is 4.02. The maximum absolute atomic E-state index is 12.6. The van der Waals surface area contributed by atoms with Crippen LogP contribution < -0.4 is 15.4 Å². The van der Waals surface area contributed by atoms with Crippen molar-refractivity contribution in [2.45, 2.75) is 13.5 Å². The van der Waals surface area contributed by atoms with Crippen molar-refractivity contribution in [3.8, 4) is 17.0 Å². The second kappa shape index (κ2) is 10.2. The normalized spacial score (nSPS) is 10.8. The van der Waals surface area contributed by atoms with E-state index in [4.69, 9.17) is 4.52 Å². The van der Waals surface area contributed by atoms with Gasteiger partial charge in [0.2, 0.25) is 11.8 Å². The number of rotatable bonds is 9. The molecular formula is C18H16F2N4O4S2. The number of nitrogens with zero attached hydrogens (tertiary/aromatic N) is 2. The molecule has 0 bridgehead atoms. The SMILES string of the molecule is Cc1cc(NC(=O)CSCC(=O)Nc2nc(-c3ccccc3OC(F)F)cs2)no1. The second-order valence-corrected chi connectivity index (χ2v) is 7.67. The van der Waals surface area contributed by atoms with Crippen LogP contribution in [-0.2, 0) is 9.59 Å². The van der Waals surface area contributed by atoms with Crippen LogP contribution in [0.5, 0.6) is 5.75 Å². The first-order valence-corrected chi connectivity index (χ1v) is 10.5.